The molecule has 1 aliphatic carbocycles. The summed E-state index contributed by atoms with van der Waals surface area (Å²) >= 11 is 0. The highest BCUT2D eigenvalue weighted by atomic mass is 16.5. The van der Waals surface area contributed by atoms with Gasteiger partial charge in [0.15, 0.2) is 0 Å². The summed E-state index contributed by atoms with van der Waals surface area (Å²) in [5.41, 5.74) is 1.98. The van der Waals surface area contributed by atoms with E-state index in [1.54, 1.807) is 7.11 Å². The largest absolute Gasteiger partial charge is 0.496 e. The second-order valence-electron chi connectivity index (χ2n) is 5.51. The topological polar surface area (TPSA) is 58.6 Å². The van der Waals surface area contributed by atoms with E-state index in [4.69, 9.17) is 4.74 Å². The molecule has 2 N–H and O–H groups in total. The number of nitrogens with one attached hydrogen (secondary N) is 1. The highest BCUT2D eigenvalue weighted by Crippen LogP contribution is 2.20. The van der Waals surface area contributed by atoms with Crippen LogP contribution in [0, 0.1) is 6.92 Å². The summed E-state index contributed by atoms with van der Waals surface area (Å²) < 4.78 is 5.26. The number of aryl methyl sites for hydroxylation is 1. The van der Waals surface area contributed by atoms with Gasteiger partial charge in [-0.05, 0) is 37.0 Å². The molecule has 0 radical (unpaired) electrons. The number of ether oxygens (including phenoxy) is 1. The number of methoxy groups -OCH3 is 1. The van der Waals surface area contributed by atoms with Gasteiger partial charge in [-0.15, -0.1) is 0 Å². The number of carbonyl (C=O) groups is 1. The third kappa shape index (κ3) is 3.73. The second-order valence-corrected chi connectivity index (χ2v) is 5.51. The van der Waals surface area contributed by atoms with Crippen LogP contribution in [-0.2, 0) is 11.2 Å². The van der Waals surface area contributed by atoms with E-state index in [1.165, 1.54) is 0 Å². The van der Waals surface area contributed by atoms with Crippen molar-refractivity contribution in [3.8, 4) is 5.75 Å². The SMILES string of the molecule is COc1cc(CC(=O)N[C@H]2CCCC[C@@H]2O)ccc1C. The number of aliphatic hydroxyl groups is 1. The van der Waals surface area contributed by atoms with E-state index in [9.17, 15) is 9.90 Å². The zero-order valence-corrected chi connectivity index (χ0v) is 12.2. The smallest absolute Gasteiger partial charge is 0.224 e. The highest BCUT2D eigenvalue weighted by molar-refractivity contribution is 5.79. The lowest BCUT2D eigenvalue weighted by Crippen LogP contribution is -2.45. The second kappa shape index (κ2) is 6.75. The van der Waals surface area contributed by atoms with Gasteiger partial charge in [0.05, 0.1) is 25.7 Å². The number of hydrogen-bond acceptors (Lipinski definition) is 3. The molecule has 0 saturated heterocycles. The predicted molar refractivity (Wildman–Crippen MR) is 77.8 cm³/mol. The molecule has 1 saturated carbocycles. The molecule has 4 nitrogen and oxygen atoms in total. The summed E-state index contributed by atoms with van der Waals surface area (Å²) in [4.78, 5) is 12.0. The molecule has 0 bridgehead atoms. The molecule has 0 aromatic heterocycles. The highest BCUT2D eigenvalue weighted by Gasteiger charge is 2.24. The molecule has 1 aromatic rings. The van der Waals surface area contributed by atoms with Crippen LogP contribution in [0.15, 0.2) is 18.2 Å². The molecular weight excluding hydrogens is 254 g/mol. The van der Waals surface area contributed by atoms with E-state index in [1.807, 2.05) is 25.1 Å². The van der Waals surface area contributed by atoms with Crippen molar-refractivity contribution in [3.63, 3.8) is 0 Å². The van der Waals surface area contributed by atoms with Crippen LogP contribution in [0.1, 0.15) is 36.8 Å². The standard InChI is InChI=1S/C16H23NO3/c1-11-7-8-12(9-15(11)20-2)10-16(19)17-13-5-3-4-6-14(13)18/h7-9,13-14,18H,3-6,10H2,1-2H3,(H,17,19)/t13-,14-/m0/s1. The Morgan fingerprint density at radius 3 is 2.85 bits per heavy atom. The predicted octanol–water partition coefficient (Wildman–Crippen LogP) is 1.97. The fourth-order valence-corrected chi connectivity index (χ4v) is 2.70. The Morgan fingerprint density at radius 2 is 2.15 bits per heavy atom. The minimum atomic E-state index is -0.403. The van der Waals surface area contributed by atoms with E-state index >= 15 is 0 Å². The van der Waals surface area contributed by atoms with E-state index in [0.717, 1.165) is 42.6 Å². The van der Waals surface area contributed by atoms with Gasteiger partial charge >= 0.3 is 0 Å². The minimum Gasteiger partial charge on any atom is -0.496 e. The number of amides is 1. The van der Waals surface area contributed by atoms with Crippen molar-refractivity contribution >= 4 is 5.91 Å². The summed E-state index contributed by atoms with van der Waals surface area (Å²) in [5, 5.41) is 12.8. The Bertz CT molecular complexity index is 473. The van der Waals surface area contributed by atoms with Gasteiger partial charge < -0.3 is 15.2 Å². The molecular formula is C16H23NO3. The normalized spacial score (nSPS) is 22.4. The van der Waals surface area contributed by atoms with Crippen molar-refractivity contribution in [3.05, 3.63) is 29.3 Å². The molecule has 4 heteroatoms. The van der Waals surface area contributed by atoms with Gasteiger partial charge in [-0.1, -0.05) is 25.0 Å². The quantitative estimate of drug-likeness (QED) is 0.884. The Balaban J connectivity index is 1.94. The summed E-state index contributed by atoms with van der Waals surface area (Å²) in [7, 11) is 1.63. The molecule has 0 unspecified atom stereocenters. The number of rotatable bonds is 4. The van der Waals surface area contributed by atoms with Crippen LogP contribution in [0.5, 0.6) is 5.75 Å². The third-order valence-corrected chi connectivity index (χ3v) is 3.91. The maximum absolute atomic E-state index is 12.0. The van der Waals surface area contributed by atoms with Crippen LogP contribution in [0.3, 0.4) is 0 Å². The van der Waals surface area contributed by atoms with E-state index in [0.29, 0.717) is 6.42 Å². The fraction of sp³-hybridized carbons (Fsp3) is 0.562. The summed E-state index contributed by atoms with van der Waals surface area (Å²) in [5.74, 6) is 0.759. The number of hydrogen-bond donors (Lipinski definition) is 2. The van der Waals surface area contributed by atoms with E-state index in [-0.39, 0.29) is 11.9 Å². The Kier molecular flexibility index (Phi) is 5.01. The molecule has 0 heterocycles. The van der Waals surface area contributed by atoms with E-state index in [2.05, 4.69) is 5.32 Å². The molecule has 1 amide bonds. The van der Waals surface area contributed by atoms with Crippen molar-refractivity contribution in [1.82, 2.24) is 5.32 Å². The molecule has 1 fully saturated rings. The lowest BCUT2D eigenvalue weighted by Gasteiger charge is -2.28. The van der Waals surface area contributed by atoms with Crippen molar-refractivity contribution in [2.45, 2.75) is 51.2 Å². The van der Waals surface area contributed by atoms with Crippen molar-refractivity contribution in [2.24, 2.45) is 0 Å². The average molecular weight is 277 g/mol. The Hall–Kier alpha value is -1.55. The van der Waals surface area contributed by atoms with E-state index < -0.39 is 6.10 Å². The first kappa shape index (κ1) is 14.9. The van der Waals surface area contributed by atoms with Gasteiger partial charge in [-0.3, -0.25) is 4.79 Å². The van der Waals surface area contributed by atoms with Crippen molar-refractivity contribution in [1.29, 1.82) is 0 Å². The lowest BCUT2D eigenvalue weighted by molar-refractivity contribution is -0.122. The number of aliphatic hydroxyl groups excluding tert-OH is 1. The zero-order chi connectivity index (χ0) is 14.5. The molecule has 2 atom stereocenters. The number of benzene rings is 1. The van der Waals surface area contributed by atoms with Crippen LogP contribution < -0.4 is 10.1 Å². The molecule has 0 aliphatic heterocycles. The summed E-state index contributed by atoms with van der Waals surface area (Å²) in [6.07, 6.45) is 3.68. The maximum Gasteiger partial charge on any atom is 0.224 e. The molecule has 1 aliphatic rings. The average Bonchev–Trinajstić information content (AvgIpc) is 2.43. The molecule has 110 valence electrons. The van der Waals surface area contributed by atoms with Crippen LogP contribution in [-0.4, -0.2) is 30.3 Å². The summed E-state index contributed by atoms with van der Waals surface area (Å²) in [6, 6.07) is 5.70. The van der Waals surface area contributed by atoms with Gasteiger partial charge in [0.1, 0.15) is 5.75 Å². The van der Waals surface area contributed by atoms with Gasteiger partial charge in [0.25, 0.3) is 0 Å². The fourth-order valence-electron chi connectivity index (χ4n) is 2.70. The third-order valence-electron chi connectivity index (χ3n) is 3.91. The molecule has 0 spiro atoms. The molecule has 2 rings (SSSR count). The Labute approximate surface area is 120 Å². The van der Waals surface area contributed by atoms with Crippen molar-refractivity contribution < 1.29 is 14.6 Å². The van der Waals surface area contributed by atoms with Gasteiger partial charge in [0.2, 0.25) is 5.91 Å². The monoisotopic (exact) mass is 277 g/mol. The number of carbonyl (C=O) groups excluding carboxylic acids is 1. The van der Waals surface area contributed by atoms with Gasteiger partial charge in [-0.2, -0.15) is 0 Å². The van der Waals surface area contributed by atoms with Gasteiger partial charge in [-0.25, -0.2) is 0 Å². The first-order chi connectivity index (χ1) is 9.60. The zero-order valence-electron chi connectivity index (χ0n) is 12.2. The van der Waals surface area contributed by atoms with Crippen molar-refractivity contribution in [2.75, 3.05) is 7.11 Å². The van der Waals surface area contributed by atoms with Crippen LogP contribution in [0.4, 0.5) is 0 Å². The Morgan fingerprint density at radius 1 is 1.40 bits per heavy atom. The lowest BCUT2D eigenvalue weighted by atomic mass is 9.92. The van der Waals surface area contributed by atoms with Crippen LogP contribution in [0.25, 0.3) is 0 Å². The first-order valence-corrected chi connectivity index (χ1v) is 7.21. The van der Waals surface area contributed by atoms with Crippen LogP contribution >= 0.6 is 0 Å². The minimum absolute atomic E-state index is 0.0399. The molecule has 1 aromatic carbocycles. The first-order valence-electron chi connectivity index (χ1n) is 7.21. The van der Waals surface area contributed by atoms with Crippen LogP contribution in [0.2, 0.25) is 0 Å². The maximum atomic E-state index is 12.0. The molecule has 20 heavy (non-hydrogen) atoms. The summed E-state index contributed by atoms with van der Waals surface area (Å²) in [6.45, 7) is 1.97. The van der Waals surface area contributed by atoms with Gasteiger partial charge in [0, 0.05) is 0 Å².